The van der Waals surface area contributed by atoms with Crippen LogP contribution in [0.5, 0.6) is 0 Å². The Balaban J connectivity index is 2.74. The largest absolute Gasteiger partial charge is 0.399 e. The summed E-state index contributed by atoms with van der Waals surface area (Å²) in [4.78, 5) is 23.9. The van der Waals surface area contributed by atoms with Gasteiger partial charge in [0.2, 0.25) is 11.8 Å². The third kappa shape index (κ3) is 5.73. The fourth-order valence-electron chi connectivity index (χ4n) is 2.09. The third-order valence-electron chi connectivity index (χ3n) is 3.30. The van der Waals surface area contributed by atoms with Crippen molar-refractivity contribution in [2.75, 3.05) is 12.8 Å². The number of likely N-dealkylation sites (N-methyl/N-ethyl adjacent to an activating group) is 1. The van der Waals surface area contributed by atoms with Crippen molar-refractivity contribution in [1.29, 1.82) is 0 Å². The Morgan fingerprint density at radius 2 is 1.77 bits per heavy atom. The van der Waals surface area contributed by atoms with Crippen molar-refractivity contribution < 1.29 is 14.7 Å². The first-order valence-corrected chi connectivity index (χ1v) is 7.38. The molecule has 0 radical (unpaired) electrons. The highest BCUT2D eigenvalue weighted by atomic mass is 16.3. The van der Waals surface area contributed by atoms with Gasteiger partial charge in [-0.25, -0.2) is 0 Å². The first kappa shape index (κ1) is 18.0. The molecule has 0 bridgehead atoms. The number of nitrogens with one attached hydrogen (secondary N) is 2. The van der Waals surface area contributed by atoms with E-state index in [1.165, 1.54) is 7.05 Å². The van der Waals surface area contributed by atoms with E-state index < -0.39 is 18.1 Å². The summed E-state index contributed by atoms with van der Waals surface area (Å²) < 4.78 is 0. The molecule has 0 aliphatic carbocycles. The summed E-state index contributed by atoms with van der Waals surface area (Å²) in [5, 5.41) is 15.0. The first-order chi connectivity index (χ1) is 10.3. The van der Waals surface area contributed by atoms with Crippen molar-refractivity contribution in [3.63, 3.8) is 0 Å². The van der Waals surface area contributed by atoms with Gasteiger partial charge in [-0.15, -0.1) is 0 Å². The molecule has 2 atom stereocenters. The summed E-state index contributed by atoms with van der Waals surface area (Å²) in [6, 6.07) is 6.37. The molecule has 0 spiro atoms. The zero-order valence-corrected chi connectivity index (χ0v) is 13.3. The van der Waals surface area contributed by atoms with E-state index >= 15 is 0 Å². The highest BCUT2D eigenvalue weighted by Gasteiger charge is 2.24. The molecular formula is C16H25N3O3. The molecule has 1 aromatic rings. The zero-order valence-electron chi connectivity index (χ0n) is 13.3. The van der Waals surface area contributed by atoms with Crippen LogP contribution in [0.2, 0.25) is 0 Å². The average molecular weight is 307 g/mol. The smallest absolute Gasteiger partial charge is 0.249 e. The highest BCUT2D eigenvalue weighted by molar-refractivity contribution is 5.89. The second-order valence-electron chi connectivity index (χ2n) is 5.77. The summed E-state index contributed by atoms with van der Waals surface area (Å²) in [6.45, 7) is 3.84. The highest BCUT2D eigenvalue weighted by Crippen LogP contribution is 2.09. The molecule has 6 heteroatoms. The minimum absolute atomic E-state index is 0.191. The van der Waals surface area contributed by atoms with E-state index in [0.717, 1.165) is 5.56 Å². The van der Waals surface area contributed by atoms with Gasteiger partial charge in [0.05, 0.1) is 0 Å². The van der Waals surface area contributed by atoms with Gasteiger partial charge in [0.1, 0.15) is 12.1 Å². The molecule has 0 aliphatic heterocycles. The maximum Gasteiger partial charge on any atom is 0.249 e. The summed E-state index contributed by atoms with van der Waals surface area (Å²) in [6.07, 6.45) is -0.424. The Labute approximate surface area is 131 Å². The Morgan fingerprint density at radius 1 is 1.18 bits per heavy atom. The Hall–Kier alpha value is -2.08. The Bertz CT molecular complexity index is 500. The molecule has 0 heterocycles. The lowest BCUT2D eigenvalue weighted by Gasteiger charge is -2.20. The molecule has 1 rings (SSSR count). The molecule has 0 aromatic heterocycles. The SMILES string of the molecule is CNC(=O)[C@H](Cc1ccc(N)cc1)NC(=O)[C@@H](O)CC(C)C. The van der Waals surface area contributed by atoms with Crippen molar-refractivity contribution in [2.45, 2.75) is 38.8 Å². The molecule has 5 N–H and O–H groups in total. The van der Waals surface area contributed by atoms with Crippen molar-refractivity contribution in [3.05, 3.63) is 29.8 Å². The van der Waals surface area contributed by atoms with E-state index in [4.69, 9.17) is 5.73 Å². The zero-order chi connectivity index (χ0) is 16.7. The quantitative estimate of drug-likeness (QED) is 0.549. The number of nitrogen functional groups attached to an aromatic ring is 1. The molecule has 2 amide bonds. The number of aliphatic hydroxyl groups excluding tert-OH is 1. The van der Waals surface area contributed by atoms with Gasteiger partial charge in [-0.3, -0.25) is 9.59 Å². The van der Waals surface area contributed by atoms with Gasteiger partial charge >= 0.3 is 0 Å². The number of carbonyl (C=O) groups is 2. The molecule has 0 unspecified atom stereocenters. The number of rotatable bonds is 7. The van der Waals surface area contributed by atoms with Crippen LogP contribution in [0, 0.1) is 5.92 Å². The lowest BCUT2D eigenvalue weighted by Crippen LogP contribution is -2.50. The number of nitrogens with two attached hydrogens (primary N) is 1. The minimum atomic E-state index is -1.11. The first-order valence-electron chi connectivity index (χ1n) is 7.38. The number of anilines is 1. The van der Waals surface area contributed by atoms with Crippen molar-refractivity contribution >= 4 is 17.5 Å². The summed E-state index contributed by atoms with van der Waals surface area (Å²) >= 11 is 0. The monoisotopic (exact) mass is 307 g/mol. The maximum atomic E-state index is 12.0. The van der Waals surface area contributed by atoms with E-state index in [1.807, 2.05) is 26.0 Å². The van der Waals surface area contributed by atoms with Gasteiger partial charge in [-0.2, -0.15) is 0 Å². The normalized spacial score (nSPS) is 13.5. The standard InChI is InChI=1S/C16H25N3O3/c1-10(2)8-14(20)16(22)19-13(15(21)18-3)9-11-4-6-12(17)7-5-11/h4-7,10,13-14,20H,8-9,17H2,1-3H3,(H,18,21)(H,19,22)/t13-,14-/m0/s1. The fraction of sp³-hybridized carbons (Fsp3) is 0.500. The molecule has 122 valence electrons. The van der Waals surface area contributed by atoms with Crippen LogP contribution < -0.4 is 16.4 Å². The van der Waals surface area contributed by atoms with Crippen LogP contribution in [0.4, 0.5) is 5.69 Å². The van der Waals surface area contributed by atoms with Crippen LogP contribution >= 0.6 is 0 Å². The van der Waals surface area contributed by atoms with Gasteiger partial charge in [0.25, 0.3) is 0 Å². The summed E-state index contributed by atoms with van der Waals surface area (Å²) in [5.41, 5.74) is 7.14. The maximum absolute atomic E-state index is 12.0. The Kier molecular flexibility index (Phi) is 6.85. The molecule has 0 saturated carbocycles. The number of hydrogen-bond acceptors (Lipinski definition) is 4. The van der Waals surface area contributed by atoms with Crippen LogP contribution in [0.25, 0.3) is 0 Å². The van der Waals surface area contributed by atoms with Crippen molar-refractivity contribution in [3.8, 4) is 0 Å². The molecule has 1 aromatic carbocycles. The molecular weight excluding hydrogens is 282 g/mol. The van der Waals surface area contributed by atoms with Crippen molar-refractivity contribution in [1.82, 2.24) is 10.6 Å². The predicted octanol–water partition coefficient (Wildman–Crippen LogP) is 0.449. The van der Waals surface area contributed by atoms with Crippen LogP contribution in [-0.4, -0.2) is 36.1 Å². The summed E-state index contributed by atoms with van der Waals surface area (Å²) in [7, 11) is 1.51. The molecule has 0 fully saturated rings. The number of benzene rings is 1. The second kappa shape index (κ2) is 8.38. The van der Waals surface area contributed by atoms with Gasteiger partial charge in [0, 0.05) is 19.2 Å². The lowest BCUT2D eigenvalue weighted by molar-refractivity contribution is -0.134. The van der Waals surface area contributed by atoms with E-state index in [2.05, 4.69) is 10.6 Å². The van der Waals surface area contributed by atoms with Gasteiger partial charge in [0.15, 0.2) is 0 Å². The van der Waals surface area contributed by atoms with Crippen LogP contribution in [-0.2, 0) is 16.0 Å². The average Bonchev–Trinajstić information content (AvgIpc) is 2.47. The van der Waals surface area contributed by atoms with Crippen molar-refractivity contribution in [2.24, 2.45) is 5.92 Å². The predicted molar refractivity (Wildman–Crippen MR) is 86.0 cm³/mol. The van der Waals surface area contributed by atoms with Crippen LogP contribution in [0.15, 0.2) is 24.3 Å². The van der Waals surface area contributed by atoms with E-state index in [0.29, 0.717) is 18.5 Å². The van der Waals surface area contributed by atoms with Gasteiger partial charge in [-0.1, -0.05) is 26.0 Å². The topological polar surface area (TPSA) is 104 Å². The number of carbonyl (C=O) groups excluding carboxylic acids is 2. The minimum Gasteiger partial charge on any atom is -0.399 e. The van der Waals surface area contributed by atoms with Gasteiger partial charge in [-0.05, 0) is 30.0 Å². The molecule has 0 saturated heterocycles. The second-order valence-corrected chi connectivity index (χ2v) is 5.77. The van der Waals surface area contributed by atoms with E-state index in [-0.39, 0.29) is 11.8 Å². The van der Waals surface area contributed by atoms with Crippen LogP contribution in [0.1, 0.15) is 25.8 Å². The molecule has 22 heavy (non-hydrogen) atoms. The van der Waals surface area contributed by atoms with Gasteiger partial charge < -0.3 is 21.5 Å². The number of hydrogen-bond donors (Lipinski definition) is 4. The summed E-state index contributed by atoms with van der Waals surface area (Å²) in [5.74, 6) is -0.643. The van der Waals surface area contributed by atoms with Crippen LogP contribution in [0.3, 0.4) is 0 Å². The lowest BCUT2D eigenvalue weighted by atomic mass is 10.0. The molecule has 0 aliphatic rings. The Morgan fingerprint density at radius 3 is 2.27 bits per heavy atom. The molecule has 6 nitrogen and oxygen atoms in total. The van der Waals surface area contributed by atoms with E-state index in [1.54, 1.807) is 12.1 Å². The van der Waals surface area contributed by atoms with E-state index in [9.17, 15) is 14.7 Å². The third-order valence-corrected chi connectivity index (χ3v) is 3.30. The number of amides is 2. The number of aliphatic hydroxyl groups is 1. The fourth-order valence-corrected chi connectivity index (χ4v) is 2.09.